The Kier molecular flexibility index (Phi) is 7.60. The summed E-state index contributed by atoms with van der Waals surface area (Å²) >= 11 is 2.92. The fraction of sp³-hybridized carbons (Fsp3) is 0.227. The van der Waals surface area contributed by atoms with Gasteiger partial charge >= 0.3 is 5.97 Å². The lowest BCUT2D eigenvalue weighted by atomic mass is 10.1. The molecule has 2 aromatic carbocycles. The summed E-state index contributed by atoms with van der Waals surface area (Å²) in [6.07, 6.45) is 1.60. The lowest BCUT2D eigenvalue weighted by molar-refractivity contribution is -0.148. The van der Waals surface area contributed by atoms with Gasteiger partial charge in [-0.2, -0.15) is 0 Å². The molecule has 162 valence electrons. The van der Waals surface area contributed by atoms with Gasteiger partial charge in [0.1, 0.15) is 12.6 Å². The molecule has 0 unspecified atom stereocenters. The van der Waals surface area contributed by atoms with E-state index in [9.17, 15) is 14.4 Å². The SMILES string of the molecule is COC(=O)[C@@H](C)N1C(=O)S/C(=C/c2cc(I)c(OCc3ccccc3)c(OC)c2)C1=O. The van der Waals surface area contributed by atoms with Crippen molar-refractivity contribution in [3.63, 3.8) is 0 Å². The standard InChI is InChI=1S/C22H20INO6S/c1-13(21(26)29-3)24-20(25)18(31-22(24)27)11-15-9-16(23)19(17(10-15)28-2)30-12-14-7-5-4-6-8-14/h4-11,13H,12H2,1-3H3/b18-11+/t13-/m1/s1. The second-order valence-electron chi connectivity index (χ2n) is 6.56. The zero-order valence-electron chi connectivity index (χ0n) is 17.1. The Morgan fingerprint density at radius 1 is 1.19 bits per heavy atom. The summed E-state index contributed by atoms with van der Waals surface area (Å²) in [7, 11) is 2.75. The number of amides is 2. The molecule has 1 heterocycles. The molecule has 2 aromatic rings. The first-order valence-electron chi connectivity index (χ1n) is 9.24. The van der Waals surface area contributed by atoms with Crippen LogP contribution in [0.1, 0.15) is 18.1 Å². The molecule has 1 aliphatic heterocycles. The van der Waals surface area contributed by atoms with Gasteiger partial charge in [-0.1, -0.05) is 30.3 Å². The highest BCUT2D eigenvalue weighted by Gasteiger charge is 2.41. The highest BCUT2D eigenvalue weighted by molar-refractivity contribution is 14.1. The molecule has 1 aliphatic rings. The van der Waals surface area contributed by atoms with Gasteiger partial charge in [0.2, 0.25) is 0 Å². The predicted octanol–water partition coefficient (Wildman–Crippen LogP) is 4.48. The highest BCUT2D eigenvalue weighted by atomic mass is 127. The third-order valence-corrected chi connectivity index (χ3v) is 6.21. The van der Waals surface area contributed by atoms with Gasteiger partial charge in [-0.15, -0.1) is 0 Å². The molecule has 0 aromatic heterocycles. The van der Waals surface area contributed by atoms with Crippen molar-refractivity contribution in [2.45, 2.75) is 19.6 Å². The van der Waals surface area contributed by atoms with Crippen LogP contribution in [0.2, 0.25) is 0 Å². The van der Waals surface area contributed by atoms with Crippen molar-refractivity contribution in [1.82, 2.24) is 4.90 Å². The lowest BCUT2D eigenvalue weighted by Crippen LogP contribution is -2.42. The Labute approximate surface area is 197 Å². The summed E-state index contributed by atoms with van der Waals surface area (Å²) in [4.78, 5) is 37.9. The molecule has 31 heavy (non-hydrogen) atoms. The van der Waals surface area contributed by atoms with Gasteiger partial charge in [0, 0.05) is 0 Å². The molecule has 0 bridgehead atoms. The largest absolute Gasteiger partial charge is 0.493 e. The van der Waals surface area contributed by atoms with E-state index in [-0.39, 0.29) is 4.91 Å². The fourth-order valence-electron chi connectivity index (χ4n) is 2.93. The zero-order chi connectivity index (χ0) is 22.5. The summed E-state index contributed by atoms with van der Waals surface area (Å²) in [5.74, 6) is -0.0845. The Morgan fingerprint density at radius 2 is 1.90 bits per heavy atom. The van der Waals surface area contributed by atoms with Crippen molar-refractivity contribution in [1.29, 1.82) is 0 Å². The van der Waals surface area contributed by atoms with Crippen molar-refractivity contribution >= 4 is 57.5 Å². The van der Waals surface area contributed by atoms with E-state index in [0.29, 0.717) is 23.7 Å². The van der Waals surface area contributed by atoms with Gasteiger partial charge in [0.15, 0.2) is 11.5 Å². The van der Waals surface area contributed by atoms with E-state index in [1.807, 2.05) is 36.4 Å². The van der Waals surface area contributed by atoms with E-state index < -0.39 is 23.2 Å². The van der Waals surface area contributed by atoms with Crippen molar-refractivity contribution < 1.29 is 28.6 Å². The molecular formula is C22H20INO6S. The van der Waals surface area contributed by atoms with Crippen LogP contribution in [-0.4, -0.2) is 42.3 Å². The van der Waals surface area contributed by atoms with Crippen molar-refractivity contribution in [3.05, 3.63) is 62.1 Å². The fourth-order valence-corrected chi connectivity index (χ4v) is 4.62. The number of methoxy groups -OCH3 is 2. The number of halogens is 1. The van der Waals surface area contributed by atoms with Gasteiger partial charge in [0.05, 0.1) is 22.7 Å². The maximum atomic E-state index is 12.7. The molecule has 0 saturated carbocycles. The molecule has 1 atom stereocenters. The van der Waals surface area contributed by atoms with E-state index >= 15 is 0 Å². The van der Waals surface area contributed by atoms with Crippen LogP contribution in [-0.2, 0) is 20.9 Å². The van der Waals surface area contributed by atoms with E-state index in [1.165, 1.54) is 21.1 Å². The number of benzene rings is 2. The van der Waals surface area contributed by atoms with Crippen LogP contribution in [0, 0.1) is 3.57 Å². The first-order valence-corrected chi connectivity index (χ1v) is 11.1. The molecule has 0 radical (unpaired) electrons. The third kappa shape index (κ3) is 5.21. The van der Waals surface area contributed by atoms with Crippen LogP contribution < -0.4 is 9.47 Å². The number of ether oxygens (including phenoxy) is 3. The van der Waals surface area contributed by atoms with Gasteiger partial charge < -0.3 is 14.2 Å². The van der Waals surface area contributed by atoms with Crippen LogP contribution in [0.5, 0.6) is 11.5 Å². The van der Waals surface area contributed by atoms with E-state index in [1.54, 1.807) is 12.1 Å². The number of nitrogens with zero attached hydrogens (tertiary/aromatic N) is 1. The smallest absolute Gasteiger partial charge is 0.328 e. The zero-order valence-corrected chi connectivity index (χ0v) is 20.1. The van der Waals surface area contributed by atoms with Crippen LogP contribution in [0.15, 0.2) is 47.4 Å². The van der Waals surface area contributed by atoms with Gasteiger partial charge in [-0.3, -0.25) is 14.5 Å². The van der Waals surface area contributed by atoms with E-state index in [4.69, 9.17) is 9.47 Å². The lowest BCUT2D eigenvalue weighted by Gasteiger charge is -2.18. The van der Waals surface area contributed by atoms with Crippen molar-refractivity contribution in [2.24, 2.45) is 0 Å². The van der Waals surface area contributed by atoms with Crippen LogP contribution in [0.3, 0.4) is 0 Å². The highest BCUT2D eigenvalue weighted by Crippen LogP contribution is 2.38. The molecule has 9 heteroatoms. The average Bonchev–Trinajstić information content (AvgIpc) is 3.04. The average molecular weight is 553 g/mol. The second kappa shape index (κ2) is 10.2. The number of rotatable bonds is 7. The second-order valence-corrected chi connectivity index (χ2v) is 8.71. The first-order chi connectivity index (χ1) is 14.8. The summed E-state index contributed by atoms with van der Waals surface area (Å²) in [5, 5.41) is -0.515. The Balaban J connectivity index is 1.84. The van der Waals surface area contributed by atoms with Crippen LogP contribution >= 0.6 is 34.4 Å². The van der Waals surface area contributed by atoms with E-state index in [0.717, 1.165) is 25.8 Å². The quantitative estimate of drug-likeness (QED) is 0.284. The predicted molar refractivity (Wildman–Crippen MR) is 126 cm³/mol. The summed E-state index contributed by atoms with van der Waals surface area (Å²) in [6, 6.07) is 12.3. The molecular weight excluding hydrogens is 533 g/mol. The molecule has 0 aliphatic carbocycles. The molecule has 1 saturated heterocycles. The maximum absolute atomic E-state index is 12.7. The van der Waals surface area contributed by atoms with Crippen molar-refractivity contribution in [2.75, 3.05) is 14.2 Å². The maximum Gasteiger partial charge on any atom is 0.328 e. The number of carbonyl (C=O) groups excluding carboxylic acids is 3. The van der Waals surface area contributed by atoms with Crippen LogP contribution in [0.4, 0.5) is 4.79 Å². The van der Waals surface area contributed by atoms with Crippen LogP contribution in [0.25, 0.3) is 6.08 Å². The first kappa shape index (κ1) is 23.1. The minimum atomic E-state index is -0.994. The minimum Gasteiger partial charge on any atom is -0.493 e. The summed E-state index contributed by atoms with van der Waals surface area (Å²) in [6.45, 7) is 1.84. The van der Waals surface area contributed by atoms with Crippen molar-refractivity contribution in [3.8, 4) is 11.5 Å². The number of thioether (sulfide) groups is 1. The molecule has 7 nitrogen and oxygen atoms in total. The Bertz CT molecular complexity index is 1040. The van der Waals surface area contributed by atoms with Gasteiger partial charge in [-0.05, 0) is 70.6 Å². The third-order valence-electron chi connectivity index (χ3n) is 4.53. The Morgan fingerprint density at radius 3 is 2.55 bits per heavy atom. The minimum absolute atomic E-state index is 0.219. The van der Waals surface area contributed by atoms with E-state index in [2.05, 4.69) is 27.3 Å². The molecule has 0 N–H and O–H groups in total. The van der Waals surface area contributed by atoms with Gasteiger partial charge in [0.25, 0.3) is 11.1 Å². The number of imide groups is 1. The number of carbonyl (C=O) groups is 3. The monoisotopic (exact) mass is 553 g/mol. The molecule has 3 rings (SSSR count). The molecule has 2 amide bonds. The summed E-state index contributed by atoms with van der Waals surface area (Å²) in [5.41, 5.74) is 1.70. The van der Waals surface area contributed by atoms with Gasteiger partial charge in [-0.25, -0.2) is 4.79 Å². The molecule has 0 spiro atoms. The number of esters is 1. The Hall–Kier alpha value is -2.53. The summed E-state index contributed by atoms with van der Waals surface area (Å²) < 4.78 is 16.9. The normalized spacial score (nSPS) is 15.9. The number of hydrogen-bond acceptors (Lipinski definition) is 7. The molecule has 1 fully saturated rings. The number of hydrogen-bond donors (Lipinski definition) is 0. The topological polar surface area (TPSA) is 82.1 Å².